The van der Waals surface area contributed by atoms with Crippen molar-refractivity contribution >= 4 is 11.6 Å². The van der Waals surface area contributed by atoms with Crippen LogP contribution in [0.2, 0.25) is 5.02 Å². The maximum Gasteiger partial charge on any atom is 0.127 e. The highest BCUT2D eigenvalue weighted by molar-refractivity contribution is 6.30. The molecule has 1 aliphatic rings. The summed E-state index contributed by atoms with van der Waals surface area (Å²) in [6.45, 7) is 0.504. The van der Waals surface area contributed by atoms with E-state index in [1.165, 1.54) is 6.07 Å². The van der Waals surface area contributed by atoms with Crippen LogP contribution in [0.5, 0.6) is 0 Å². The van der Waals surface area contributed by atoms with Gasteiger partial charge in [-0.25, -0.2) is 4.39 Å². The number of nitrogens with two attached hydrogens (primary N) is 1. The van der Waals surface area contributed by atoms with Gasteiger partial charge < -0.3 is 5.73 Å². The van der Waals surface area contributed by atoms with E-state index in [4.69, 9.17) is 17.3 Å². The van der Waals surface area contributed by atoms with Crippen molar-refractivity contribution in [1.29, 1.82) is 0 Å². The normalized spacial score (nSPS) is 19.4. The Labute approximate surface area is 94.4 Å². The van der Waals surface area contributed by atoms with E-state index in [0.717, 1.165) is 25.7 Å². The molecule has 0 atom stereocenters. The van der Waals surface area contributed by atoms with Gasteiger partial charge in [0.15, 0.2) is 0 Å². The van der Waals surface area contributed by atoms with Crippen molar-refractivity contribution in [1.82, 2.24) is 0 Å². The summed E-state index contributed by atoms with van der Waals surface area (Å²) in [6.07, 6.45) is 4.20. The molecule has 1 saturated carbocycles. The highest BCUT2D eigenvalue weighted by Crippen LogP contribution is 2.41. The quantitative estimate of drug-likeness (QED) is 0.825. The summed E-state index contributed by atoms with van der Waals surface area (Å²) < 4.78 is 13.7. The summed E-state index contributed by atoms with van der Waals surface area (Å²) >= 11 is 5.91. The molecule has 82 valence electrons. The highest BCUT2D eigenvalue weighted by Gasteiger charge is 2.36. The number of rotatable bonds is 2. The van der Waals surface area contributed by atoms with Crippen molar-refractivity contribution in [3.8, 4) is 0 Å². The van der Waals surface area contributed by atoms with Crippen LogP contribution in [-0.2, 0) is 5.41 Å². The fourth-order valence-corrected chi connectivity index (χ4v) is 2.71. The minimum absolute atomic E-state index is 0.172. The molecule has 15 heavy (non-hydrogen) atoms. The second-order valence-corrected chi connectivity index (χ2v) is 4.75. The molecular weight excluding hydrogens is 213 g/mol. The van der Waals surface area contributed by atoms with Crippen LogP contribution < -0.4 is 5.73 Å². The lowest BCUT2D eigenvalue weighted by molar-refractivity contribution is 0.427. The van der Waals surface area contributed by atoms with Gasteiger partial charge in [0.1, 0.15) is 5.82 Å². The predicted octanol–water partition coefficient (Wildman–Crippen LogP) is 3.25. The molecule has 0 spiro atoms. The zero-order valence-electron chi connectivity index (χ0n) is 8.60. The van der Waals surface area contributed by atoms with Gasteiger partial charge in [0, 0.05) is 17.0 Å². The van der Waals surface area contributed by atoms with Crippen molar-refractivity contribution in [2.24, 2.45) is 5.73 Å². The molecule has 0 aliphatic heterocycles. The summed E-state index contributed by atoms with van der Waals surface area (Å²) in [6, 6.07) is 4.75. The van der Waals surface area contributed by atoms with Crippen LogP contribution in [0.4, 0.5) is 4.39 Å². The lowest BCUT2D eigenvalue weighted by atomic mass is 9.79. The van der Waals surface area contributed by atoms with E-state index in [1.54, 1.807) is 12.1 Å². The SMILES string of the molecule is NCC1(c2cc(Cl)ccc2F)CCCC1. The molecule has 1 aromatic carbocycles. The van der Waals surface area contributed by atoms with E-state index in [-0.39, 0.29) is 11.2 Å². The first kappa shape index (κ1) is 10.9. The Morgan fingerprint density at radius 3 is 2.60 bits per heavy atom. The van der Waals surface area contributed by atoms with Crippen LogP contribution in [0.1, 0.15) is 31.2 Å². The first-order valence-electron chi connectivity index (χ1n) is 5.33. The molecule has 1 fully saturated rings. The van der Waals surface area contributed by atoms with Gasteiger partial charge >= 0.3 is 0 Å². The van der Waals surface area contributed by atoms with Crippen molar-refractivity contribution in [2.75, 3.05) is 6.54 Å². The number of hydrogen-bond donors (Lipinski definition) is 1. The summed E-state index contributed by atoms with van der Waals surface area (Å²) in [4.78, 5) is 0. The largest absolute Gasteiger partial charge is 0.330 e. The molecule has 2 N–H and O–H groups in total. The topological polar surface area (TPSA) is 26.0 Å². The Morgan fingerprint density at radius 2 is 2.00 bits per heavy atom. The van der Waals surface area contributed by atoms with Crippen molar-refractivity contribution < 1.29 is 4.39 Å². The maximum absolute atomic E-state index is 13.7. The molecule has 1 aromatic rings. The molecule has 3 heteroatoms. The van der Waals surface area contributed by atoms with E-state index < -0.39 is 0 Å². The van der Waals surface area contributed by atoms with E-state index in [2.05, 4.69) is 0 Å². The Hall–Kier alpha value is -0.600. The van der Waals surface area contributed by atoms with Crippen LogP contribution >= 0.6 is 11.6 Å². The van der Waals surface area contributed by atoms with Gasteiger partial charge in [-0.2, -0.15) is 0 Å². The first-order chi connectivity index (χ1) is 7.18. The predicted molar refractivity (Wildman–Crippen MR) is 60.6 cm³/mol. The lowest BCUT2D eigenvalue weighted by Gasteiger charge is -2.28. The van der Waals surface area contributed by atoms with Crippen LogP contribution in [0, 0.1) is 5.82 Å². The first-order valence-corrected chi connectivity index (χ1v) is 5.71. The molecule has 0 amide bonds. The van der Waals surface area contributed by atoms with Crippen molar-refractivity contribution in [3.05, 3.63) is 34.6 Å². The Balaban J connectivity index is 2.46. The Morgan fingerprint density at radius 1 is 1.33 bits per heavy atom. The van der Waals surface area contributed by atoms with Gasteiger partial charge in [-0.3, -0.25) is 0 Å². The number of benzene rings is 1. The van der Waals surface area contributed by atoms with Gasteiger partial charge in [0.25, 0.3) is 0 Å². The monoisotopic (exact) mass is 227 g/mol. The van der Waals surface area contributed by atoms with Gasteiger partial charge in [0.2, 0.25) is 0 Å². The fraction of sp³-hybridized carbons (Fsp3) is 0.500. The highest BCUT2D eigenvalue weighted by atomic mass is 35.5. The minimum Gasteiger partial charge on any atom is -0.330 e. The molecule has 0 bridgehead atoms. The smallest absolute Gasteiger partial charge is 0.127 e. The van der Waals surface area contributed by atoms with E-state index in [0.29, 0.717) is 17.1 Å². The van der Waals surface area contributed by atoms with E-state index in [1.807, 2.05) is 0 Å². The third kappa shape index (κ3) is 1.88. The maximum atomic E-state index is 13.7. The zero-order chi connectivity index (χ0) is 10.9. The summed E-state index contributed by atoms with van der Waals surface area (Å²) in [5.41, 5.74) is 6.34. The fourth-order valence-electron chi connectivity index (χ4n) is 2.54. The van der Waals surface area contributed by atoms with Crippen LogP contribution in [-0.4, -0.2) is 6.54 Å². The second-order valence-electron chi connectivity index (χ2n) is 4.32. The Bertz CT molecular complexity index is 359. The number of hydrogen-bond acceptors (Lipinski definition) is 1. The molecule has 0 saturated heterocycles. The molecular formula is C12H15ClFN. The van der Waals surface area contributed by atoms with Crippen LogP contribution in [0.15, 0.2) is 18.2 Å². The van der Waals surface area contributed by atoms with Crippen molar-refractivity contribution in [2.45, 2.75) is 31.1 Å². The standard InChI is InChI=1S/C12H15ClFN/c13-9-3-4-11(14)10(7-9)12(8-15)5-1-2-6-12/h3-4,7H,1-2,5-6,8,15H2. The third-order valence-corrected chi connectivity index (χ3v) is 3.69. The number of halogens is 2. The molecule has 1 aliphatic carbocycles. The summed E-state index contributed by atoms with van der Waals surface area (Å²) in [7, 11) is 0. The van der Waals surface area contributed by atoms with Crippen LogP contribution in [0.3, 0.4) is 0 Å². The summed E-state index contributed by atoms with van der Waals surface area (Å²) in [5.74, 6) is -0.174. The third-order valence-electron chi connectivity index (χ3n) is 3.45. The average molecular weight is 228 g/mol. The van der Waals surface area contributed by atoms with Crippen molar-refractivity contribution in [3.63, 3.8) is 0 Å². The van der Waals surface area contributed by atoms with Gasteiger partial charge in [-0.1, -0.05) is 24.4 Å². The minimum atomic E-state index is -0.174. The molecule has 0 unspecified atom stereocenters. The van der Waals surface area contributed by atoms with Gasteiger partial charge in [-0.15, -0.1) is 0 Å². The van der Waals surface area contributed by atoms with E-state index in [9.17, 15) is 4.39 Å². The molecule has 0 heterocycles. The zero-order valence-corrected chi connectivity index (χ0v) is 9.36. The molecule has 0 radical (unpaired) electrons. The Kier molecular flexibility index (Phi) is 2.98. The van der Waals surface area contributed by atoms with Gasteiger partial charge in [-0.05, 0) is 36.6 Å². The molecule has 0 aromatic heterocycles. The average Bonchev–Trinajstić information content (AvgIpc) is 2.71. The molecule has 1 nitrogen and oxygen atoms in total. The van der Waals surface area contributed by atoms with Gasteiger partial charge in [0.05, 0.1) is 0 Å². The lowest BCUT2D eigenvalue weighted by Crippen LogP contribution is -2.33. The summed E-state index contributed by atoms with van der Waals surface area (Å²) in [5, 5.41) is 0.589. The second kappa shape index (κ2) is 4.11. The molecule has 2 rings (SSSR count). The van der Waals surface area contributed by atoms with Crippen LogP contribution in [0.25, 0.3) is 0 Å². The van der Waals surface area contributed by atoms with E-state index >= 15 is 0 Å².